The fraction of sp³-hybridized carbons (Fsp3) is 0. The summed E-state index contributed by atoms with van der Waals surface area (Å²) in [6.45, 7) is 0. The first-order chi connectivity index (χ1) is 5.61. The predicted octanol–water partition coefficient (Wildman–Crippen LogP) is -0.496. The molecule has 0 heterocycles. The third-order valence-corrected chi connectivity index (χ3v) is 1.45. The van der Waals surface area contributed by atoms with Gasteiger partial charge in [0.15, 0.2) is 0 Å². The molecule has 0 aliphatic carbocycles. The maximum atomic E-state index is 10.6. The van der Waals surface area contributed by atoms with E-state index in [0.717, 1.165) is 0 Å². The number of primary amides is 2. The van der Waals surface area contributed by atoms with Crippen LogP contribution in [0.3, 0.4) is 0 Å². The van der Waals surface area contributed by atoms with E-state index in [-0.39, 0.29) is 29.6 Å². The van der Waals surface area contributed by atoms with Crippen LogP contribution in [-0.4, -0.2) is 41.4 Å². The van der Waals surface area contributed by atoms with Gasteiger partial charge in [-0.25, -0.2) is 0 Å². The van der Waals surface area contributed by atoms with Gasteiger partial charge in [-0.3, -0.25) is 9.59 Å². The van der Waals surface area contributed by atoms with Gasteiger partial charge in [-0.1, -0.05) is 0 Å². The summed E-state index contributed by atoms with van der Waals surface area (Å²) in [6.07, 6.45) is 0. The number of benzene rings is 1. The summed E-state index contributed by atoms with van der Waals surface area (Å²) in [4.78, 5) is 21.2. The number of hydrogen-bond donors (Lipinski definition) is 2. The molecule has 2 amide bonds. The molecule has 5 heteroatoms. The number of hydrogen-bond acceptors (Lipinski definition) is 2. The summed E-state index contributed by atoms with van der Waals surface area (Å²) in [6, 6.07) is 5.84. The first kappa shape index (κ1) is 12.2. The van der Waals surface area contributed by atoms with E-state index >= 15 is 0 Å². The molecule has 1 aromatic carbocycles. The molecule has 0 aliphatic heterocycles. The van der Waals surface area contributed by atoms with Crippen LogP contribution in [0.5, 0.6) is 0 Å². The largest absolute Gasteiger partial charge is 0.366 e. The number of rotatable bonds is 2. The first-order valence-corrected chi connectivity index (χ1v) is 3.31. The van der Waals surface area contributed by atoms with E-state index in [1.807, 2.05) is 0 Å². The fourth-order valence-corrected chi connectivity index (χ4v) is 0.799. The van der Waals surface area contributed by atoms with Crippen LogP contribution in [0.4, 0.5) is 0 Å². The van der Waals surface area contributed by atoms with Crippen LogP contribution in [0.15, 0.2) is 24.3 Å². The van der Waals surface area contributed by atoms with Gasteiger partial charge in [0.05, 0.1) is 0 Å². The van der Waals surface area contributed by atoms with Gasteiger partial charge in [-0.15, -0.1) is 0 Å². The van der Waals surface area contributed by atoms with Gasteiger partial charge in [0.1, 0.15) is 0 Å². The molecule has 0 saturated carbocycles. The summed E-state index contributed by atoms with van der Waals surface area (Å²) in [5, 5.41) is 0. The fourth-order valence-electron chi connectivity index (χ4n) is 0.799. The van der Waals surface area contributed by atoms with Gasteiger partial charge >= 0.3 is 0 Å². The Morgan fingerprint density at radius 3 is 1.23 bits per heavy atom. The van der Waals surface area contributed by atoms with E-state index in [0.29, 0.717) is 11.1 Å². The monoisotopic (exact) mass is 187 g/mol. The molecule has 0 spiro atoms. The SMILES string of the molecule is NC(=O)c1ccc(C(N)=O)cc1.[Na]. The van der Waals surface area contributed by atoms with Crippen molar-refractivity contribution in [2.45, 2.75) is 0 Å². The summed E-state index contributed by atoms with van der Waals surface area (Å²) in [5.74, 6) is -1.04. The van der Waals surface area contributed by atoms with E-state index in [1.54, 1.807) is 0 Å². The second-order valence-electron chi connectivity index (χ2n) is 2.31. The van der Waals surface area contributed by atoms with Crippen molar-refractivity contribution >= 4 is 41.4 Å². The van der Waals surface area contributed by atoms with Crippen molar-refractivity contribution in [2.75, 3.05) is 0 Å². The maximum absolute atomic E-state index is 10.6. The molecular weight excluding hydrogens is 179 g/mol. The number of amides is 2. The molecule has 0 bridgehead atoms. The molecule has 1 aromatic rings. The topological polar surface area (TPSA) is 86.2 Å². The van der Waals surface area contributed by atoms with Gasteiger partial charge < -0.3 is 11.5 Å². The van der Waals surface area contributed by atoms with E-state index in [9.17, 15) is 9.59 Å². The normalized spacial score (nSPS) is 8.62. The summed E-state index contributed by atoms with van der Waals surface area (Å²) in [7, 11) is 0. The zero-order valence-corrected chi connectivity index (χ0v) is 9.28. The number of nitrogens with two attached hydrogens (primary N) is 2. The van der Waals surface area contributed by atoms with Gasteiger partial charge in [-0.05, 0) is 24.3 Å². The van der Waals surface area contributed by atoms with Gasteiger partial charge in [0, 0.05) is 40.7 Å². The average Bonchev–Trinajstić information content (AvgIpc) is 2.04. The quantitative estimate of drug-likeness (QED) is 0.611. The average molecular weight is 187 g/mol. The van der Waals surface area contributed by atoms with Gasteiger partial charge in [0.2, 0.25) is 11.8 Å². The zero-order valence-electron chi connectivity index (χ0n) is 7.28. The van der Waals surface area contributed by atoms with E-state index in [2.05, 4.69) is 0 Å². The van der Waals surface area contributed by atoms with Crippen LogP contribution < -0.4 is 11.5 Å². The van der Waals surface area contributed by atoms with E-state index in [1.165, 1.54) is 24.3 Å². The predicted molar refractivity (Wildman–Crippen MR) is 49.2 cm³/mol. The molecule has 0 atom stereocenters. The summed E-state index contributed by atoms with van der Waals surface area (Å²) >= 11 is 0. The van der Waals surface area contributed by atoms with Gasteiger partial charge in [-0.2, -0.15) is 0 Å². The third kappa shape index (κ3) is 3.18. The Morgan fingerprint density at radius 2 is 1.08 bits per heavy atom. The van der Waals surface area contributed by atoms with Crippen LogP contribution in [0.25, 0.3) is 0 Å². The molecular formula is C8H8N2NaO2. The molecule has 4 nitrogen and oxygen atoms in total. The Bertz CT molecular complexity index is 288. The Labute approximate surface area is 97.6 Å². The number of carbonyl (C=O) groups excluding carboxylic acids is 2. The minimum atomic E-state index is -0.522. The molecule has 1 radical (unpaired) electrons. The molecule has 0 aromatic heterocycles. The Morgan fingerprint density at radius 1 is 0.846 bits per heavy atom. The van der Waals surface area contributed by atoms with Crippen LogP contribution in [-0.2, 0) is 0 Å². The molecule has 63 valence electrons. The Hall–Kier alpha value is -0.840. The van der Waals surface area contributed by atoms with Crippen molar-refractivity contribution in [3.63, 3.8) is 0 Å². The van der Waals surface area contributed by atoms with Crippen molar-refractivity contribution in [3.05, 3.63) is 35.4 Å². The molecule has 0 fully saturated rings. The summed E-state index contributed by atoms with van der Waals surface area (Å²) in [5.41, 5.74) is 10.7. The number of carbonyl (C=O) groups is 2. The summed E-state index contributed by atoms with van der Waals surface area (Å²) < 4.78 is 0. The zero-order chi connectivity index (χ0) is 9.14. The maximum Gasteiger partial charge on any atom is 0.248 e. The first-order valence-electron chi connectivity index (χ1n) is 3.31. The second-order valence-corrected chi connectivity index (χ2v) is 2.31. The molecule has 1 rings (SSSR count). The third-order valence-electron chi connectivity index (χ3n) is 1.45. The Balaban J connectivity index is 0.00000144. The van der Waals surface area contributed by atoms with Gasteiger partial charge in [0.25, 0.3) is 0 Å². The van der Waals surface area contributed by atoms with Crippen LogP contribution in [0.2, 0.25) is 0 Å². The molecule has 0 unspecified atom stereocenters. The van der Waals surface area contributed by atoms with Crippen molar-refractivity contribution in [1.29, 1.82) is 0 Å². The molecule has 0 saturated heterocycles. The van der Waals surface area contributed by atoms with Crippen LogP contribution >= 0.6 is 0 Å². The van der Waals surface area contributed by atoms with Crippen molar-refractivity contribution < 1.29 is 9.59 Å². The van der Waals surface area contributed by atoms with Crippen LogP contribution in [0.1, 0.15) is 20.7 Å². The standard InChI is InChI=1S/C8H8N2O2.Na/c9-7(11)5-1-2-6(4-3-5)8(10)12;/h1-4H,(H2,9,11)(H2,10,12);. The van der Waals surface area contributed by atoms with E-state index in [4.69, 9.17) is 11.5 Å². The molecule has 4 N–H and O–H groups in total. The van der Waals surface area contributed by atoms with E-state index < -0.39 is 11.8 Å². The smallest absolute Gasteiger partial charge is 0.248 e. The van der Waals surface area contributed by atoms with Crippen molar-refractivity contribution in [3.8, 4) is 0 Å². The minimum absolute atomic E-state index is 0. The molecule has 13 heavy (non-hydrogen) atoms. The molecule has 0 aliphatic rings. The second kappa shape index (κ2) is 5.01. The van der Waals surface area contributed by atoms with Crippen molar-refractivity contribution in [1.82, 2.24) is 0 Å². The van der Waals surface area contributed by atoms with Crippen LogP contribution in [0, 0.1) is 0 Å². The Kier molecular flexibility index (Phi) is 4.69. The minimum Gasteiger partial charge on any atom is -0.366 e. The van der Waals surface area contributed by atoms with Crippen molar-refractivity contribution in [2.24, 2.45) is 11.5 Å².